The summed E-state index contributed by atoms with van der Waals surface area (Å²) in [4.78, 5) is 12.1. The van der Waals surface area contributed by atoms with Crippen molar-refractivity contribution in [2.24, 2.45) is 17.8 Å². The average Bonchev–Trinajstić information content (AvgIpc) is 2.67. The predicted octanol–water partition coefficient (Wildman–Crippen LogP) is 3.53. The van der Waals surface area contributed by atoms with Crippen LogP contribution >= 0.6 is 0 Å². The summed E-state index contributed by atoms with van der Waals surface area (Å²) in [6, 6.07) is 1.77. The molecule has 1 heterocycles. The minimum Gasteiger partial charge on any atom is -0.472 e. The molecule has 0 radical (unpaired) electrons. The summed E-state index contributed by atoms with van der Waals surface area (Å²) >= 11 is 0. The third-order valence-corrected chi connectivity index (χ3v) is 3.35. The molecule has 2 unspecified atom stereocenters. The molecule has 1 saturated carbocycles. The minimum atomic E-state index is 0.210. The van der Waals surface area contributed by atoms with Gasteiger partial charge in [0, 0.05) is 5.92 Å². The summed E-state index contributed by atoms with van der Waals surface area (Å²) in [5.74, 6) is 1.83. The van der Waals surface area contributed by atoms with Crippen molar-refractivity contribution < 1.29 is 9.21 Å². The molecule has 0 N–H and O–H groups in total. The van der Waals surface area contributed by atoms with Crippen molar-refractivity contribution in [3.63, 3.8) is 0 Å². The highest BCUT2D eigenvalue weighted by molar-refractivity contribution is 5.97. The highest BCUT2D eigenvalue weighted by Crippen LogP contribution is 2.34. The lowest BCUT2D eigenvalue weighted by molar-refractivity contribution is 0.0835. The minimum absolute atomic E-state index is 0.210. The highest BCUT2D eigenvalue weighted by atomic mass is 16.3. The van der Waals surface area contributed by atoms with E-state index in [9.17, 15) is 4.79 Å². The second-order valence-corrected chi connectivity index (χ2v) is 4.99. The molecular weight excluding hydrogens is 188 g/mol. The zero-order chi connectivity index (χ0) is 10.8. The van der Waals surface area contributed by atoms with Gasteiger partial charge in [-0.3, -0.25) is 4.79 Å². The van der Waals surface area contributed by atoms with Crippen molar-refractivity contribution in [1.29, 1.82) is 0 Å². The van der Waals surface area contributed by atoms with Crippen molar-refractivity contribution in [1.82, 2.24) is 0 Å². The van der Waals surface area contributed by atoms with Crippen LogP contribution in [0.15, 0.2) is 23.0 Å². The maximum Gasteiger partial charge on any atom is 0.169 e. The van der Waals surface area contributed by atoms with E-state index in [1.54, 1.807) is 18.6 Å². The lowest BCUT2D eigenvalue weighted by Gasteiger charge is -2.30. The number of Topliss-reactive ketones (excluding diaryl/α,β-unsaturated/α-hetero) is 1. The van der Waals surface area contributed by atoms with E-state index in [4.69, 9.17) is 4.42 Å². The van der Waals surface area contributed by atoms with Crippen LogP contribution in [0.1, 0.15) is 43.5 Å². The number of carbonyl (C=O) groups excluding carboxylic acids is 1. The maximum atomic E-state index is 12.1. The van der Waals surface area contributed by atoms with Gasteiger partial charge in [0.1, 0.15) is 6.26 Å². The highest BCUT2D eigenvalue weighted by Gasteiger charge is 2.29. The summed E-state index contributed by atoms with van der Waals surface area (Å²) in [6.07, 6.45) is 6.47. The Morgan fingerprint density at radius 1 is 1.27 bits per heavy atom. The van der Waals surface area contributed by atoms with Gasteiger partial charge in [-0.05, 0) is 37.2 Å². The van der Waals surface area contributed by atoms with Crippen LogP contribution < -0.4 is 0 Å². The van der Waals surface area contributed by atoms with Crippen LogP contribution in [-0.2, 0) is 0 Å². The van der Waals surface area contributed by atoms with Crippen LogP contribution in [0.25, 0.3) is 0 Å². The van der Waals surface area contributed by atoms with Gasteiger partial charge in [-0.2, -0.15) is 0 Å². The van der Waals surface area contributed by atoms with E-state index < -0.39 is 0 Å². The van der Waals surface area contributed by atoms with E-state index in [-0.39, 0.29) is 11.7 Å². The zero-order valence-electron chi connectivity index (χ0n) is 9.40. The van der Waals surface area contributed by atoms with Gasteiger partial charge in [0.25, 0.3) is 0 Å². The number of furan rings is 1. The first-order chi connectivity index (χ1) is 7.16. The lowest BCUT2D eigenvalue weighted by atomic mass is 9.74. The Bertz CT molecular complexity index is 316. The van der Waals surface area contributed by atoms with E-state index in [2.05, 4.69) is 13.8 Å². The second-order valence-electron chi connectivity index (χ2n) is 4.99. The molecule has 15 heavy (non-hydrogen) atoms. The Kier molecular flexibility index (Phi) is 2.94. The van der Waals surface area contributed by atoms with Crippen molar-refractivity contribution in [2.45, 2.75) is 33.1 Å². The largest absolute Gasteiger partial charge is 0.472 e. The van der Waals surface area contributed by atoms with Gasteiger partial charge in [-0.15, -0.1) is 0 Å². The van der Waals surface area contributed by atoms with E-state index in [0.717, 1.165) is 18.4 Å². The quantitative estimate of drug-likeness (QED) is 0.693. The maximum absolute atomic E-state index is 12.1. The topological polar surface area (TPSA) is 30.2 Å². The molecule has 2 heteroatoms. The molecule has 1 aliphatic carbocycles. The Morgan fingerprint density at radius 3 is 2.47 bits per heavy atom. The SMILES string of the molecule is CC1CC(C)CC(C(=O)c2ccoc2)C1. The van der Waals surface area contributed by atoms with Crippen LogP contribution in [-0.4, -0.2) is 5.78 Å². The molecule has 1 fully saturated rings. The fourth-order valence-electron chi connectivity index (χ4n) is 2.80. The smallest absolute Gasteiger partial charge is 0.169 e. The lowest BCUT2D eigenvalue weighted by Crippen LogP contribution is -2.25. The summed E-state index contributed by atoms with van der Waals surface area (Å²) < 4.78 is 4.96. The van der Waals surface area contributed by atoms with Crippen molar-refractivity contribution in [2.75, 3.05) is 0 Å². The van der Waals surface area contributed by atoms with Crippen molar-refractivity contribution in [3.8, 4) is 0 Å². The summed E-state index contributed by atoms with van der Waals surface area (Å²) in [6.45, 7) is 4.48. The summed E-state index contributed by atoms with van der Waals surface area (Å²) in [5, 5.41) is 0. The monoisotopic (exact) mass is 206 g/mol. The molecule has 1 aromatic rings. The van der Waals surface area contributed by atoms with Gasteiger partial charge < -0.3 is 4.42 Å². The second kappa shape index (κ2) is 4.21. The Labute approximate surface area is 90.7 Å². The van der Waals surface area contributed by atoms with Crippen LogP contribution in [0.2, 0.25) is 0 Å². The van der Waals surface area contributed by atoms with Gasteiger partial charge >= 0.3 is 0 Å². The van der Waals surface area contributed by atoms with E-state index in [1.807, 2.05) is 0 Å². The van der Waals surface area contributed by atoms with E-state index in [1.165, 1.54) is 6.42 Å². The fourth-order valence-corrected chi connectivity index (χ4v) is 2.80. The molecule has 0 saturated heterocycles. The summed E-state index contributed by atoms with van der Waals surface area (Å²) in [5.41, 5.74) is 0.737. The first-order valence-corrected chi connectivity index (χ1v) is 5.73. The van der Waals surface area contributed by atoms with Gasteiger partial charge in [0.15, 0.2) is 5.78 Å². The molecular formula is C13H18O2. The number of carbonyl (C=O) groups is 1. The zero-order valence-corrected chi connectivity index (χ0v) is 9.40. The molecule has 1 aliphatic rings. The molecule has 0 aromatic carbocycles. The Hall–Kier alpha value is -1.05. The molecule has 0 amide bonds. The van der Waals surface area contributed by atoms with Gasteiger partial charge in [0.2, 0.25) is 0 Å². The number of rotatable bonds is 2. The first kappa shape index (κ1) is 10.5. The molecule has 0 bridgehead atoms. The van der Waals surface area contributed by atoms with Gasteiger partial charge in [-0.1, -0.05) is 13.8 Å². The third kappa shape index (κ3) is 2.31. The van der Waals surface area contributed by atoms with Crippen LogP contribution in [0, 0.1) is 17.8 Å². The van der Waals surface area contributed by atoms with Crippen molar-refractivity contribution >= 4 is 5.78 Å². The van der Waals surface area contributed by atoms with Crippen LogP contribution in [0.3, 0.4) is 0 Å². The molecule has 82 valence electrons. The Morgan fingerprint density at radius 2 is 1.93 bits per heavy atom. The van der Waals surface area contributed by atoms with E-state index >= 15 is 0 Å². The fraction of sp³-hybridized carbons (Fsp3) is 0.615. The number of hydrogen-bond acceptors (Lipinski definition) is 2. The number of ketones is 1. The summed E-state index contributed by atoms with van der Waals surface area (Å²) in [7, 11) is 0. The molecule has 2 atom stereocenters. The molecule has 0 spiro atoms. The van der Waals surface area contributed by atoms with Gasteiger partial charge in [-0.25, -0.2) is 0 Å². The normalized spacial score (nSPS) is 31.5. The third-order valence-electron chi connectivity index (χ3n) is 3.35. The molecule has 2 nitrogen and oxygen atoms in total. The Balaban J connectivity index is 2.07. The first-order valence-electron chi connectivity index (χ1n) is 5.73. The number of hydrogen-bond donors (Lipinski definition) is 0. The van der Waals surface area contributed by atoms with E-state index in [0.29, 0.717) is 11.8 Å². The van der Waals surface area contributed by atoms with Crippen LogP contribution in [0.5, 0.6) is 0 Å². The van der Waals surface area contributed by atoms with Gasteiger partial charge in [0.05, 0.1) is 11.8 Å². The average molecular weight is 206 g/mol. The van der Waals surface area contributed by atoms with Crippen LogP contribution in [0.4, 0.5) is 0 Å². The molecule has 0 aliphatic heterocycles. The predicted molar refractivity (Wildman–Crippen MR) is 58.7 cm³/mol. The molecule has 1 aromatic heterocycles. The van der Waals surface area contributed by atoms with Crippen molar-refractivity contribution in [3.05, 3.63) is 24.2 Å². The standard InChI is InChI=1S/C13H18O2/c1-9-5-10(2)7-12(6-9)13(14)11-3-4-15-8-11/h3-4,8-10,12H,5-7H2,1-2H3. The molecule has 2 rings (SSSR count).